The number of nitrogens with zero attached hydrogens (tertiary/aromatic N) is 6. The van der Waals surface area contributed by atoms with E-state index in [1.165, 1.54) is 0 Å². The lowest BCUT2D eigenvalue weighted by Crippen LogP contribution is -2.40. The van der Waals surface area contributed by atoms with Crippen LogP contribution in [0.5, 0.6) is 5.75 Å². The topological polar surface area (TPSA) is 75.9 Å². The smallest absolute Gasteiger partial charge is 0.258 e. The zero-order valence-corrected chi connectivity index (χ0v) is 18.8. The van der Waals surface area contributed by atoms with Crippen molar-refractivity contribution in [1.82, 2.24) is 24.5 Å². The third-order valence-corrected chi connectivity index (χ3v) is 6.16. The van der Waals surface area contributed by atoms with Crippen molar-refractivity contribution in [1.29, 1.82) is 0 Å². The molecule has 5 rings (SSSR count). The summed E-state index contributed by atoms with van der Waals surface area (Å²) >= 11 is 0. The van der Waals surface area contributed by atoms with Crippen LogP contribution in [-0.2, 0) is 0 Å². The first kappa shape index (κ1) is 20.9. The molecule has 0 saturated carbocycles. The molecular weight excluding hydrogens is 416 g/mol. The molecule has 1 fully saturated rings. The summed E-state index contributed by atoms with van der Waals surface area (Å²) in [5.41, 5.74) is 2.68. The van der Waals surface area contributed by atoms with Gasteiger partial charge in [0.15, 0.2) is 0 Å². The Morgan fingerprint density at radius 2 is 1.91 bits per heavy atom. The number of carbonyl (C=O) groups excluding carboxylic acids is 1. The van der Waals surface area contributed by atoms with Crippen LogP contribution >= 0.6 is 0 Å². The Balaban J connectivity index is 1.46. The van der Waals surface area contributed by atoms with Gasteiger partial charge in [-0.3, -0.25) is 9.78 Å². The molecule has 0 unspecified atom stereocenters. The van der Waals surface area contributed by atoms with Crippen molar-refractivity contribution in [2.75, 3.05) is 31.6 Å². The van der Waals surface area contributed by atoms with Crippen LogP contribution in [0.4, 0.5) is 5.82 Å². The number of aromatic nitrogens is 4. The lowest BCUT2D eigenvalue weighted by molar-refractivity contribution is 0.0708. The van der Waals surface area contributed by atoms with Crippen LogP contribution in [0, 0.1) is 0 Å². The van der Waals surface area contributed by atoms with E-state index in [0.29, 0.717) is 30.0 Å². The minimum absolute atomic E-state index is 0.0195. The largest absolute Gasteiger partial charge is 0.495 e. The normalized spacial score (nSPS) is 16.6. The zero-order chi connectivity index (χ0) is 22.8. The highest BCUT2D eigenvalue weighted by molar-refractivity contribution is 6.06. The third kappa shape index (κ3) is 4.00. The second-order valence-corrected chi connectivity index (χ2v) is 8.15. The fraction of sp³-hybridized carbons (Fsp3) is 0.280. The summed E-state index contributed by atoms with van der Waals surface area (Å²) in [4.78, 5) is 27.1. The standard InChI is InChI=1S/C25H26N6O2/c1-18-11-14-29(22-10-9-19(33-2)17-27-22)15-16-30(18)25(32)23-21-8-4-6-13-31(21)28-24(23)20-7-3-5-12-26-20/h3-10,12-13,17-18H,11,14-16H2,1-2H3/t18-/m1/s1. The van der Waals surface area contributed by atoms with Crippen molar-refractivity contribution in [2.45, 2.75) is 19.4 Å². The van der Waals surface area contributed by atoms with Crippen molar-refractivity contribution < 1.29 is 9.53 Å². The van der Waals surface area contributed by atoms with Crippen LogP contribution in [0.15, 0.2) is 67.1 Å². The van der Waals surface area contributed by atoms with Gasteiger partial charge in [-0.05, 0) is 49.7 Å². The number of pyridine rings is 3. The van der Waals surface area contributed by atoms with E-state index in [0.717, 1.165) is 30.0 Å². The summed E-state index contributed by atoms with van der Waals surface area (Å²) in [7, 11) is 1.63. The highest BCUT2D eigenvalue weighted by Gasteiger charge is 2.31. The molecule has 1 amide bonds. The average molecular weight is 443 g/mol. The van der Waals surface area contributed by atoms with Crippen LogP contribution in [0.25, 0.3) is 16.9 Å². The van der Waals surface area contributed by atoms with Crippen LogP contribution in [0.1, 0.15) is 23.7 Å². The Kier molecular flexibility index (Phi) is 5.64. The number of hydrogen-bond acceptors (Lipinski definition) is 6. The second kappa shape index (κ2) is 8.90. The number of hydrogen-bond donors (Lipinski definition) is 0. The molecule has 0 N–H and O–H groups in total. The van der Waals surface area contributed by atoms with Gasteiger partial charge >= 0.3 is 0 Å². The number of fused-ring (bicyclic) bond motifs is 1. The van der Waals surface area contributed by atoms with E-state index in [1.54, 1.807) is 24.0 Å². The molecular formula is C25H26N6O2. The van der Waals surface area contributed by atoms with Crippen molar-refractivity contribution in [3.05, 3.63) is 72.7 Å². The Morgan fingerprint density at radius 3 is 2.67 bits per heavy atom. The molecule has 33 heavy (non-hydrogen) atoms. The van der Waals surface area contributed by atoms with Gasteiger partial charge in [-0.15, -0.1) is 0 Å². The molecule has 1 aliphatic heterocycles. The predicted molar refractivity (Wildman–Crippen MR) is 127 cm³/mol. The van der Waals surface area contributed by atoms with Gasteiger partial charge in [-0.1, -0.05) is 12.1 Å². The van der Waals surface area contributed by atoms with Gasteiger partial charge in [-0.2, -0.15) is 5.10 Å². The quantitative estimate of drug-likeness (QED) is 0.481. The van der Waals surface area contributed by atoms with Crippen LogP contribution in [0.3, 0.4) is 0 Å². The maximum Gasteiger partial charge on any atom is 0.258 e. The fourth-order valence-electron chi connectivity index (χ4n) is 4.31. The zero-order valence-electron chi connectivity index (χ0n) is 18.8. The summed E-state index contributed by atoms with van der Waals surface area (Å²) < 4.78 is 6.98. The van der Waals surface area contributed by atoms with Gasteiger partial charge in [0.2, 0.25) is 0 Å². The van der Waals surface area contributed by atoms with E-state index < -0.39 is 0 Å². The Morgan fingerprint density at radius 1 is 1.03 bits per heavy atom. The van der Waals surface area contributed by atoms with Crippen molar-refractivity contribution in [3.8, 4) is 17.1 Å². The number of ether oxygens (including phenoxy) is 1. The minimum Gasteiger partial charge on any atom is -0.495 e. The number of carbonyl (C=O) groups is 1. The van der Waals surface area contributed by atoms with Crippen LogP contribution in [0.2, 0.25) is 0 Å². The molecule has 0 radical (unpaired) electrons. The van der Waals surface area contributed by atoms with Gasteiger partial charge in [0.25, 0.3) is 5.91 Å². The molecule has 0 spiro atoms. The summed E-state index contributed by atoms with van der Waals surface area (Å²) in [6.45, 7) is 4.23. The molecule has 8 nitrogen and oxygen atoms in total. The molecule has 1 atom stereocenters. The molecule has 5 heterocycles. The highest BCUT2D eigenvalue weighted by atomic mass is 16.5. The number of anilines is 1. The van der Waals surface area contributed by atoms with Gasteiger partial charge in [0.1, 0.15) is 17.3 Å². The molecule has 1 aliphatic rings. The Hall–Kier alpha value is -3.94. The Labute approximate surface area is 192 Å². The predicted octanol–water partition coefficient (Wildman–Crippen LogP) is 3.54. The van der Waals surface area contributed by atoms with Crippen molar-refractivity contribution in [2.24, 2.45) is 0 Å². The molecule has 168 valence electrons. The van der Waals surface area contributed by atoms with E-state index in [-0.39, 0.29) is 11.9 Å². The third-order valence-electron chi connectivity index (χ3n) is 6.16. The molecule has 1 saturated heterocycles. The van der Waals surface area contributed by atoms with E-state index in [2.05, 4.69) is 21.8 Å². The summed E-state index contributed by atoms with van der Waals surface area (Å²) in [6, 6.07) is 15.4. The molecule has 8 heteroatoms. The second-order valence-electron chi connectivity index (χ2n) is 8.15. The van der Waals surface area contributed by atoms with Crippen molar-refractivity contribution in [3.63, 3.8) is 0 Å². The number of rotatable bonds is 4. The summed E-state index contributed by atoms with van der Waals surface area (Å²) in [5, 5.41) is 4.70. The van der Waals surface area contributed by atoms with E-state index >= 15 is 0 Å². The number of methoxy groups -OCH3 is 1. The lowest BCUT2D eigenvalue weighted by atomic mass is 10.1. The molecule has 0 aromatic carbocycles. The number of amides is 1. The molecule has 0 aliphatic carbocycles. The van der Waals surface area contributed by atoms with E-state index in [1.807, 2.05) is 59.6 Å². The van der Waals surface area contributed by atoms with Crippen molar-refractivity contribution >= 4 is 17.2 Å². The first-order chi connectivity index (χ1) is 16.2. The van der Waals surface area contributed by atoms with Crippen LogP contribution < -0.4 is 9.64 Å². The highest BCUT2D eigenvalue weighted by Crippen LogP contribution is 2.28. The maximum atomic E-state index is 14.0. The molecule has 0 bridgehead atoms. The first-order valence-corrected chi connectivity index (χ1v) is 11.1. The fourth-order valence-corrected chi connectivity index (χ4v) is 4.31. The Bertz CT molecular complexity index is 1260. The van der Waals surface area contributed by atoms with E-state index in [9.17, 15) is 4.79 Å². The molecule has 4 aromatic rings. The van der Waals surface area contributed by atoms with Gasteiger partial charge in [0.05, 0.1) is 30.1 Å². The SMILES string of the molecule is COc1ccc(N2CC[C@@H](C)N(C(=O)c3c(-c4ccccn4)nn4ccccc34)CC2)nc1. The first-order valence-electron chi connectivity index (χ1n) is 11.1. The van der Waals surface area contributed by atoms with Crippen LogP contribution in [-0.4, -0.2) is 63.2 Å². The minimum atomic E-state index is -0.0195. The summed E-state index contributed by atoms with van der Waals surface area (Å²) in [6.07, 6.45) is 6.16. The molecule has 4 aromatic heterocycles. The average Bonchev–Trinajstić information content (AvgIpc) is 3.15. The monoisotopic (exact) mass is 442 g/mol. The van der Waals surface area contributed by atoms with Gasteiger partial charge < -0.3 is 14.5 Å². The lowest BCUT2D eigenvalue weighted by Gasteiger charge is -2.27. The van der Waals surface area contributed by atoms with Gasteiger partial charge in [-0.25, -0.2) is 9.50 Å². The maximum absolute atomic E-state index is 14.0. The summed E-state index contributed by atoms with van der Waals surface area (Å²) in [5.74, 6) is 1.60. The van der Waals surface area contributed by atoms with Gasteiger partial charge in [0, 0.05) is 38.1 Å². The van der Waals surface area contributed by atoms with E-state index in [4.69, 9.17) is 9.84 Å².